The van der Waals surface area contributed by atoms with E-state index in [1.807, 2.05) is 6.08 Å². The van der Waals surface area contributed by atoms with E-state index >= 15 is 0 Å². The number of aliphatic hydroxyl groups is 8. The summed E-state index contributed by atoms with van der Waals surface area (Å²) in [6.07, 6.45) is 68.2. The minimum absolute atomic E-state index is 0.241. The number of hydrogen-bond donors (Lipinski definition) is 9. The van der Waals surface area contributed by atoms with Gasteiger partial charge in [0, 0.05) is 6.42 Å². The molecule has 9 N–H and O–H groups in total. The summed E-state index contributed by atoms with van der Waals surface area (Å²) in [5, 5.41) is 87.6. The van der Waals surface area contributed by atoms with Gasteiger partial charge in [-0.25, -0.2) is 0 Å². The third-order valence-electron chi connectivity index (χ3n) is 19.8. The highest BCUT2D eigenvalue weighted by Crippen LogP contribution is 2.30. The van der Waals surface area contributed by atoms with E-state index in [-0.39, 0.29) is 18.9 Å². The lowest BCUT2D eigenvalue weighted by Crippen LogP contribution is -2.65. The highest BCUT2D eigenvalue weighted by Gasteiger charge is 2.51. The van der Waals surface area contributed by atoms with Crippen molar-refractivity contribution in [3.63, 3.8) is 0 Å². The summed E-state index contributed by atoms with van der Waals surface area (Å²) in [6.45, 7) is 2.84. The van der Waals surface area contributed by atoms with Gasteiger partial charge >= 0.3 is 0 Å². The van der Waals surface area contributed by atoms with Gasteiger partial charge in [-0.2, -0.15) is 0 Å². The maximum atomic E-state index is 13.4. The first-order chi connectivity index (χ1) is 46.1. The molecule has 2 saturated heterocycles. The predicted molar refractivity (Wildman–Crippen MR) is 388 cm³/mol. The van der Waals surface area contributed by atoms with Gasteiger partial charge in [-0.1, -0.05) is 346 Å². The van der Waals surface area contributed by atoms with Gasteiger partial charge in [-0.15, -0.1) is 0 Å². The van der Waals surface area contributed by atoms with Crippen LogP contribution in [0.25, 0.3) is 0 Å². The molecule has 12 unspecified atom stereocenters. The normalized spacial score (nSPS) is 22.6. The Hall–Kier alpha value is -1.79. The first kappa shape index (κ1) is 88.3. The van der Waals surface area contributed by atoms with Gasteiger partial charge in [-0.3, -0.25) is 4.79 Å². The summed E-state index contributed by atoms with van der Waals surface area (Å²) in [5.41, 5.74) is 0. The summed E-state index contributed by atoms with van der Waals surface area (Å²) in [7, 11) is 0. The topological polar surface area (TPSA) is 228 Å². The number of hydrogen-bond acceptors (Lipinski definition) is 13. The lowest BCUT2D eigenvalue weighted by molar-refractivity contribution is -0.359. The molecule has 12 atom stereocenters. The van der Waals surface area contributed by atoms with Gasteiger partial charge in [0.1, 0.15) is 48.8 Å². The number of carbonyl (C=O) groups is 1. The number of rotatable bonds is 68. The second kappa shape index (κ2) is 64.6. The molecule has 0 aromatic rings. The molecule has 554 valence electrons. The van der Waals surface area contributed by atoms with Crippen molar-refractivity contribution in [3.05, 3.63) is 36.5 Å². The number of aliphatic hydroxyl groups excluding tert-OH is 8. The van der Waals surface area contributed by atoms with E-state index in [4.69, 9.17) is 18.9 Å². The minimum Gasteiger partial charge on any atom is -0.394 e. The molecule has 0 bridgehead atoms. The molecule has 0 spiro atoms. The van der Waals surface area contributed by atoms with Gasteiger partial charge in [0.25, 0.3) is 0 Å². The van der Waals surface area contributed by atoms with E-state index in [1.165, 1.54) is 308 Å². The first-order valence-corrected chi connectivity index (χ1v) is 40.2. The summed E-state index contributed by atoms with van der Waals surface area (Å²) in [5.74, 6) is -0.241. The standard InChI is InChI=1S/C80H151NO13/c1-3-5-7-9-11-13-15-17-19-21-23-25-26-27-28-29-30-31-32-33-34-35-36-37-38-39-40-41-42-44-46-48-50-52-54-56-58-60-62-64-72(85)81-68(69(84)63-61-59-57-55-53-51-49-47-45-43-24-22-20-18-16-14-12-10-8-6-4-2)67-91-79-77(90)75(88)78(71(66-83)93-79)94-80-76(89)74(87)73(86)70(65-82)92-80/h21,23,53,55,61,63,68-71,73-80,82-84,86-90H,3-20,22,24-52,54,56-60,62,64-67H2,1-2H3,(H,81,85)/b23-21-,55-53+,63-61+. The van der Waals surface area contributed by atoms with Gasteiger partial charge < -0.3 is 65.1 Å². The van der Waals surface area contributed by atoms with Crippen LogP contribution in [0.2, 0.25) is 0 Å². The highest BCUT2D eigenvalue weighted by atomic mass is 16.7. The number of ether oxygens (including phenoxy) is 4. The highest BCUT2D eigenvalue weighted by molar-refractivity contribution is 5.76. The van der Waals surface area contributed by atoms with Crippen molar-refractivity contribution < 1.29 is 64.6 Å². The molecule has 2 rings (SSSR count). The summed E-state index contributed by atoms with van der Waals surface area (Å²) < 4.78 is 22.9. The number of unbranched alkanes of at least 4 members (excludes halogenated alkanes) is 51. The number of amides is 1. The molecule has 2 aliphatic heterocycles. The molecule has 1 amide bonds. The van der Waals surface area contributed by atoms with Gasteiger partial charge in [-0.05, 0) is 57.8 Å². The van der Waals surface area contributed by atoms with Crippen LogP contribution in [0.3, 0.4) is 0 Å². The summed E-state index contributed by atoms with van der Waals surface area (Å²) in [6, 6.07) is -0.931. The first-order valence-electron chi connectivity index (χ1n) is 40.2. The maximum absolute atomic E-state index is 13.4. The maximum Gasteiger partial charge on any atom is 0.220 e. The second-order valence-corrected chi connectivity index (χ2v) is 28.5. The van der Waals surface area contributed by atoms with Crippen LogP contribution in [0.4, 0.5) is 0 Å². The van der Waals surface area contributed by atoms with E-state index in [0.717, 1.165) is 32.1 Å². The van der Waals surface area contributed by atoms with E-state index in [0.29, 0.717) is 12.8 Å². The second-order valence-electron chi connectivity index (χ2n) is 28.5. The SMILES string of the molecule is CCCCCCCCCC/C=C\CCCCCCCCCCCCCCCCCCCCCCCCCCCCCC(=O)NC(COC1OC(CO)C(OC2OC(CO)C(O)C(O)C2O)C(O)C1O)C(O)/C=C/CC/C=C/CCCCCCCCCCCCCCCCC. The van der Waals surface area contributed by atoms with Crippen molar-refractivity contribution in [1.29, 1.82) is 0 Å². The van der Waals surface area contributed by atoms with Crippen LogP contribution in [-0.2, 0) is 23.7 Å². The molecule has 14 nitrogen and oxygen atoms in total. The van der Waals surface area contributed by atoms with E-state index in [9.17, 15) is 45.6 Å². The van der Waals surface area contributed by atoms with Crippen molar-refractivity contribution in [1.82, 2.24) is 5.32 Å². The van der Waals surface area contributed by atoms with Gasteiger partial charge in [0.05, 0.1) is 32.0 Å². The van der Waals surface area contributed by atoms with Crippen LogP contribution < -0.4 is 5.32 Å². The molecule has 2 aliphatic rings. The molecule has 0 radical (unpaired) electrons. The molecule has 0 aromatic heterocycles. The van der Waals surface area contributed by atoms with Crippen molar-refractivity contribution in [2.24, 2.45) is 0 Å². The van der Waals surface area contributed by atoms with Gasteiger partial charge in [0.15, 0.2) is 12.6 Å². The number of nitrogens with one attached hydrogen (secondary N) is 1. The summed E-state index contributed by atoms with van der Waals surface area (Å²) in [4.78, 5) is 13.4. The third kappa shape index (κ3) is 47.3. The Morgan fingerprint density at radius 2 is 0.681 bits per heavy atom. The van der Waals surface area contributed by atoms with Crippen LogP contribution in [0.5, 0.6) is 0 Å². The zero-order chi connectivity index (χ0) is 68.0. The molecular weight excluding hydrogens is 1180 g/mol. The Labute approximate surface area is 576 Å². The van der Waals surface area contributed by atoms with Gasteiger partial charge in [0.2, 0.25) is 5.91 Å². The van der Waals surface area contributed by atoms with Crippen LogP contribution in [0.1, 0.15) is 373 Å². The molecule has 94 heavy (non-hydrogen) atoms. The van der Waals surface area contributed by atoms with Crippen molar-refractivity contribution in [2.75, 3.05) is 19.8 Å². The van der Waals surface area contributed by atoms with E-state index in [1.54, 1.807) is 6.08 Å². The summed E-state index contributed by atoms with van der Waals surface area (Å²) >= 11 is 0. The van der Waals surface area contributed by atoms with Crippen LogP contribution in [-0.4, -0.2) is 140 Å². The quantitative estimate of drug-likeness (QED) is 0.0204. The van der Waals surface area contributed by atoms with Crippen LogP contribution >= 0.6 is 0 Å². The number of carbonyl (C=O) groups excluding carboxylic acids is 1. The van der Waals surface area contributed by atoms with E-state index < -0.39 is 86.8 Å². The lowest BCUT2D eigenvalue weighted by Gasteiger charge is -2.46. The zero-order valence-electron chi connectivity index (χ0n) is 60.7. The Morgan fingerprint density at radius 1 is 0.372 bits per heavy atom. The molecule has 14 heteroatoms. The van der Waals surface area contributed by atoms with Crippen LogP contribution in [0.15, 0.2) is 36.5 Å². The Morgan fingerprint density at radius 3 is 1.04 bits per heavy atom. The molecule has 2 fully saturated rings. The average molecular weight is 1340 g/mol. The predicted octanol–water partition coefficient (Wildman–Crippen LogP) is 18.0. The fraction of sp³-hybridized carbons (Fsp3) is 0.912. The molecule has 0 saturated carbocycles. The molecule has 2 heterocycles. The fourth-order valence-corrected chi connectivity index (χ4v) is 13.4. The average Bonchev–Trinajstić information content (AvgIpc) is 0.794. The number of allylic oxidation sites excluding steroid dienone is 5. The van der Waals surface area contributed by atoms with Crippen LogP contribution in [0, 0.1) is 0 Å². The largest absolute Gasteiger partial charge is 0.394 e. The molecular formula is C80H151NO13. The smallest absolute Gasteiger partial charge is 0.220 e. The Balaban J connectivity index is 1.57. The molecule has 0 aromatic carbocycles. The monoisotopic (exact) mass is 1330 g/mol. The van der Waals surface area contributed by atoms with Crippen molar-refractivity contribution >= 4 is 5.91 Å². The minimum atomic E-state index is -1.79. The zero-order valence-corrected chi connectivity index (χ0v) is 60.7. The van der Waals surface area contributed by atoms with Crippen molar-refractivity contribution in [3.8, 4) is 0 Å². The fourth-order valence-electron chi connectivity index (χ4n) is 13.4. The van der Waals surface area contributed by atoms with Crippen molar-refractivity contribution in [2.45, 2.75) is 447 Å². The lowest BCUT2D eigenvalue weighted by atomic mass is 9.97. The van der Waals surface area contributed by atoms with E-state index in [2.05, 4.69) is 43.5 Å². The molecule has 0 aliphatic carbocycles. The Kier molecular flexibility index (Phi) is 60.7. The Bertz CT molecular complexity index is 1720. The third-order valence-corrected chi connectivity index (χ3v) is 19.8.